The van der Waals surface area contributed by atoms with Crippen LogP contribution >= 0.6 is 27.5 Å². The van der Waals surface area contributed by atoms with Crippen molar-refractivity contribution in [2.24, 2.45) is 0 Å². The van der Waals surface area contributed by atoms with E-state index in [9.17, 15) is 39.9 Å². The van der Waals surface area contributed by atoms with Gasteiger partial charge < -0.3 is 14.8 Å². The fourth-order valence-corrected chi connectivity index (χ4v) is 3.64. The van der Waals surface area contributed by atoms with E-state index in [1.54, 1.807) is 0 Å². The number of carbonyl (C=O) groups excluding carboxylic acids is 1. The number of benzene rings is 2. The molecule has 0 bridgehead atoms. The van der Waals surface area contributed by atoms with Crippen LogP contribution in [0.15, 0.2) is 34.8 Å². The van der Waals surface area contributed by atoms with E-state index in [4.69, 9.17) is 9.57 Å². The Bertz CT molecular complexity index is 1070. The molecule has 1 unspecified atom stereocenters. The number of alkyl halides is 9. The summed E-state index contributed by atoms with van der Waals surface area (Å²) in [4.78, 5) is 17.6. The smallest absolute Gasteiger partial charge is 0.434 e. The van der Waals surface area contributed by atoms with E-state index in [0.29, 0.717) is 0 Å². The van der Waals surface area contributed by atoms with Crippen LogP contribution < -0.4 is 20.3 Å². The Hall–Kier alpha value is -2.52. The second-order valence-corrected chi connectivity index (χ2v) is 7.84. The number of amides is 1. The molecule has 0 aliphatic carbocycles. The summed E-state index contributed by atoms with van der Waals surface area (Å²) >= 11 is 7.08. The fraction of sp³-hybridized carbons (Fsp3) is 0.316. The highest BCUT2D eigenvalue weighted by Crippen LogP contribution is 2.56. The quantitative estimate of drug-likeness (QED) is 0.187. The van der Waals surface area contributed by atoms with Gasteiger partial charge in [-0.2, -0.15) is 30.7 Å². The van der Waals surface area contributed by atoms with Crippen molar-refractivity contribution in [1.29, 1.82) is 0 Å². The predicted octanol–water partition coefficient (Wildman–Crippen LogP) is 6.84. The third-order valence-electron chi connectivity index (χ3n) is 4.36. The molecule has 0 aliphatic rings. The van der Waals surface area contributed by atoms with Crippen molar-refractivity contribution < 1.29 is 54.2 Å². The highest BCUT2D eigenvalue weighted by atomic mass is 79.9. The van der Waals surface area contributed by atoms with Gasteiger partial charge in [-0.3, -0.25) is 15.1 Å². The first-order valence-corrected chi connectivity index (χ1v) is 10.1. The van der Waals surface area contributed by atoms with Gasteiger partial charge in [-0.1, -0.05) is 6.07 Å². The maximum absolute atomic E-state index is 14.7. The van der Waals surface area contributed by atoms with Gasteiger partial charge >= 0.3 is 23.8 Å². The zero-order valence-electron chi connectivity index (χ0n) is 17.4. The molecule has 0 spiro atoms. The van der Waals surface area contributed by atoms with Crippen molar-refractivity contribution in [2.75, 3.05) is 25.0 Å². The van der Waals surface area contributed by atoms with Crippen LogP contribution in [0, 0.1) is 0 Å². The Balaban J connectivity index is 2.65. The lowest BCUT2D eigenvalue weighted by Crippen LogP contribution is -2.49. The Morgan fingerprint density at radius 2 is 1.71 bits per heavy atom. The van der Waals surface area contributed by atoms with E-state index in [-0.39, 0.29) is 29.1 Å². The minimum absolute atomic E-state index is 0.0730. The average Bonchev–Trinajstić information content (AvgIpc) is 2.73. The van der Waals surface area contributed by atoms with Gasteiger partial charge in [0.05, 0.1) is 25.5 Å². The Kier molecular flexibility index (Phi) is 8.71. The largest absolute Gasteiger partial charge is 0.494 e. The molecular weight excluding hydrogens is 588 g/mol. The Morgan fingerprint density at radius 3 is 2.20 bits per heavy atom. The van der Waals surface area contributed by atoms with Gasteiger partial charge in [-0.05, 0) is 51.8 Å². The van der Waals surface area contributed by atoms with Crippen LogP contribution in [0.2, 0.25) is 0 Å². The van der Waals surface area contributed by atoms with Crippen LogP contribution in [0.25, 0.3) is 0 Å². The molecule has 2 aromatic carbocycles. The first-order valence-electron chi connectivity index (χ1n) is 8.97. The second-order valence-electron chi connectivity index (χ2n) is 6.51. The van der Waals surface area contributed by atoms with E-state index < -0.39 is 51.2 Å². The van der Waals surface area contributed by atoms with Crippen molar-refractivity contribution in [3.8, 4) is 11.5 Å². The third-order valence-corrected chi connectivity index (χ3v) is 5.25. The van der Waals surface area contributed by atoms with Crippen LogP contribution in [-0.4, -0.2) is 38.3 Å². The summed E-state index contributed by atoms with van der Waals surface area (Å²) in [7, 11) is 2.45. The van der Waals surface area contributed by atoms with Gasteiger partial charge in [0.15, 0.2) is 11.5 Å². The number of carbonyl (C=O) groups is 1. The number of methoxy groups -OCH3 is 1. The molecule has 0 heterocycles. The van der Waals surface area contributed by atoms with Gasteiger partial charge in [0.2, 0.25) is 0 Å². The van der Waals surface area contributed by atoms with Crippen molar-refractivity contribution >= 4 is 44.8 Å². The molecule has 0 saturated carbocycles. The van der Waals surface area contributed by atoms with Crippen LogP contribution in [0.1, 0.15) is 15.9 Å². The summed E-state index contributed by atoms with van der Waals surface area (Å²) in [6, 6.07) is 4.17. The molecule has 2 aromatic rings. The molecular formula is C19H14BrClF8N2O4. The number of anilines is 2. The van der Waals surface area contributed by atoms with Crippen LogP contribution in [0.3, 0.4) is 0 Å². The summed E-state index contributed by atoms with van der Waals surface area (Å²) in [5.41, 5.74) is -5.73. The lowest BCUT2D eigenvalue weighted by molar-refractivity contribution is -0.286. The number of halogens is 10. The average molecular weight is 602 g/mol. The number of ether oxygens (including phenoxy) is 2. The number of hydrogen-bond donors (Lipinski definition) is 2. The molecule has 2 N–H and O–H groups in total. The Labute approximate surface area is 205 Å². The van der Waals surface area contributed by atoms with Gasteiger partial charge in [-0.25, -0.2) is 4.39 Å². The van der Waals surface area contributed by atoms with Crippen LogP contribution in [0.4, 0.5) is 46.5 Å². The topological polar surface area (TPSA) is 68.8 Å². The fourth-order valence-electron chi connectivity index (χ4n) is 2.89. The zero-order chi connectivity index (χ0) is 26.8. The van der Waals surface area contributed by atoms with E-state index in [0.717, 1.165) is 0 Å². The Morgan fingerprint density at radius 1 is 1.09 bits per heavy atom. The third kappa shape index (κ3) is 5.83. The van der Waals surface area contributed by atoms with Crippen molar-refractivity contribution in [1.82, 2.24) is 0 Å². The SMILES string of the molecule is CONc1cccc(C(=O)Nc2c(Br)cc(C(F)(C(F)(F)F)C(F)(F)Cl)cc2OC(F)F)c1OC. The maximum Gasteiger partial charge on any atom is 0.434 e. The number of para-hydroxylation sites is 1. The highest BCUT2D eigenvalue weighted by molar-refractivity contribution is 9.10. The van der Waals surface area contributed by atoms with Gasteiger partial charge in [0.25, 0.3) is 5.91 Å². The normalized spacial score (nSPS) is 13.9. The molecule has 194 valence electrons. The first kappa shape index (κ1) is 28.7. The zero-order valence-corrected chi connectivity index (χ0v) is 19.7. The van der Waals surface area contributed by atoms with E-state index in [1.165, 1.54) is 32.4 Å². The van der Waals surface area contributed by atoms with E-state index in [2.05, 4.69) is 43.1 Å². The summed E-state index contributed by atoms with van der Waals surface area (Å²) in [5, 5.41) is -3.46. The second kappa shape index (κ2) is 10.6. The van der Waals surface area contributed by atoms with Crippen molar-refractivity contribution in [2.45, 2.75) is 23.8 Å². The minimum Gasteiger partial charge on any atom is -0.494 e. The lowest BCUT2D eigenvalue weighted by atomic mass is 9.94. The highest BCUT2D eigenvalue weighted by Gasteiger charge is 2.72. The predicted molar refractivity (Wildman–Crippen MR) is 112 cm³/mol. The molecule has 0 radical (unpaired) electrons. The molecule has 1 atom stereocenters. The minimum atomic E-state index is -6.27. The lowest BCUT2D eigenvalue weighted by Gasteiger charge is -2.32. The molecule has 0 aromatic heterocycles. The maximum atomic E-state index is 14.7. The monoisotopic (exact) mass is 600 g/mol. The van der Waals surface area contributed by atoms with E-state index >= 15 is 0 Å². The van der Waals surface area contributed by atoms with Crippen LogP contribution in [0.5, 0.6) is 11.5 Å². The molecule has 35 heavy (non-hydrogen) atoms. The molecule has 0 saturated heterocycles. The summed E-state index contributed by atoms with van der Waals surface area (Å²) < 4.78 is 116. The van der Waals surface area contributed by atoms with E-state index in [1.807, 2.05) is 0 Å². The van der Waals surface area contributed by atoms with Crippen molar-refractivity contribution in [3.05, 3.63) is 45.9 Å². The number of nitrogens with one attached hydrogen (secondary N) is 2. The molecule has 1 amide bonds. The molecule has 0 aliphatic heterocycles. The van der Waals surface area contributed by atoms with Gasteiger partial charge in [-0.15, -0.1) is 0 Å². The van der Waals surface area contributed by atoms with Crippen molar-refractivity contribution in [3.63, 3.8) is 0 Å². The molecule has 6 nitrogen and oxygen atoms in total. The summed E-state index contributed by atoms with van der Waals surface area (Å²) in [6.07, 6.45) is -6.27. The number of rotatable bonds is 9. The van der Waals surface area contributed by atoms with Gasteiger partial charge in [0.1, 0.15) is 5.69 Å². The summed E-state index contributed by atoms with van der Waals surface area (Å²) in [6.45, 7) is -3.70. The standard InChI is InChI=1S/C19H14BrClF8N2O4/c1-33-14-9(4-3-5-11(14)31-34-2)15(32)30-13-10(20)6-8(7-12(13)35-16(22)23)17(24,18(21,25)26)19(27,28)29/h3-7,16,31H,1-2H3,(H,30,32). The first-order chi connectivity index (χ1) is 16.1. The molecule has 16 heteroatoms. The molecule has 2 rings (SSSR count). The summed E-state index contributed by atoms with van der Waals surface area (Å²) in [5.74, 6) is -2.41. The molecule has 0 fully saturated rings. The van der Waals surface area contributed by atoms with Crippen LogP contribution in [-0.2, 0) is 10.5 Å². The number of hydrogen-bond acceptors (Lipinski definition) is 5. The van der Waals surface area contributed by atoms with Gasteiger partial charge in [0, 0.05) is 10.0 Å².